The minimum absolute atomic E-state index is 0.418. The predicted octanol–water partition coefficient (Wildman–Crippen LogP) is 3.40. The summed E-state index contributed by atoms with van der Waals surface area (Å²) in [5.74, 6) is 1.74. The number of rotatable bonds is 8. The van der Waals surface area contributed by atoms with Crippen LogP contribution >= 0.6 is 0 Å². The number of nitrogens with one attached hydrogen (secondary N) is 1. The molecule has 1 aliphatic heterocycles. The fraction of sp³-hybridized carbons (Fsp3) is 0.500. The molecule has 0 aliphatic carbocycles. The zero-order chi connectivity index (χ0) is 14.2. The second-order valence-corrected chi connectivity index (χ2v) is 5.03. The summed E-state index contributed by atoms with van der Waals surface area (Å²) in [6.45, 7) is 3.89. The smallest absolute Gasteiger partial charge is 0.127 e. The summed E-state index contributed by atoms with van der Waals surface area (Å²) >= 11 is 0. The molecule has 0 saturated carbocycles. The predicted molar refractivity (Wildman–Crippen MR) is 79.3 cm³/mol. The minimum Gasteiger partial charge on any atom is -0.494 e. The molecule has 4 nitrogen and oxygen atoms in total. The van der Waals surface area contributed by atoms with E-state index in [1.165, 1.54) is 19.3 Å². The first kappa shape index (κ1) is 14.9. The Morgan fingerprint density at radius 3 is 3.00 bits per heavy atom. The fourth-order valence-corrected chi connectivity index (χ4v) is 2.22. The van der Waals surface area contributed by atoms with E-state index < -0.39 is 0 Å². The first-order valence-electron chi connectivity index (χ1n) is 7.29. The summed E-state index contributed by atoms with van der Waals surface area (Å²) in [5.41, 5.74) is 4.18. The van der Waals surface area contributed by atoms with E-state index in [1.807, 2.05) is 24.3 Å². The van der Waals surface area contributed by atoms with Crippen molar-refractivity contribution < 1.29 is 14.7 Å². The third-order valence-electron chi connectivity index (χ3n) is 3.33. The lowest BCUT2D eigenvalue weighted by molar-refractivity contribution is 0.173. The molecule has 2 rings (SSSR count). The van der Waals surface area contributed by atoms with E-state index in [4.69, 9.17) is 14.7 Å². The van der Waals surface area contributed by atoms with Gasteiger partial charge < -0.3 is 14.7 Å². The molecule has 0 fully saturated rings. The molecule has 110 valence electrons. The fourth-order valence-electron chi connectivity index (χ4n) is 2.22. The minimum atomic E-state index is 0.418. The second-order valence-electron chi connectivity index (χ2n) is 5.03. The van der Waals surface area contributed by atoms with E-state index in [-0.39, 0.29) is 0 Å². The second kappa shape index (κ2) is 7.92. The highest BCUT2D eigenvalue weighted by Crippen LogP contribution is 2.29. The highest BCUT2D eigenvalue weighted by Gasteiger charge is 2.12. The number of fused-ring (bicyclic) bond motifs is 1. The Labute approximate surface area is 120 Å². The largest absolute Gasteiger partial charge is 0.494 e. The van der Waals surface area contributed by atoms with E-state index in [0.29, 0.717) is 13.2 Å². The van der Waals surface area contributed by atoms with Crippen LogP contribution in [0, 0.1) is 0 Å². The Morgan fingerprint density at radius 2 is 2.20 bits per heavy atom. The summed E-state index contributed by atoms with van der Waals surface area (Å²) in [5, 5.41) is 8.74. The highest BCUT2D eigenvalue weighted by atomic mass is 16.5. The van der Waals surface area contributed by atoms with Gasteiger partial charge >= 0.3 is 0 Å². The van der Waals surface area contributed by atoms with Crippen LogP contribution in [0.15, 0.2) is 23.8 Å². The molecule has 0 spiro atoms. The molecular formula is C16H23NO3. The van der Waals surface area contributed by atoms with Crippen LogP contribution in [0.2, 0.25) is 0 Å². The molecule has 0 amide bonds. The molecule has 20 heavy (non-hydrogen) atoms. The molecule has 4 heteroatoms. The van der Waals surface area contributed by atoms with Crippen molar-refractivity contribution in [3.05, 3.63) is 29.3 Å². The number of benzene rings is 1. The highest BCUT2D eigenvalue weighted by molar-refractivity contribution is 5.64. The van der Waals surface area contributed by atoms with Crippen molar-refractivity contribution in [2.24, 2.45) is 0 Å². The molecule has 1 aliphatic rings. The molecule has 0 bridgehead atoms. The van der Waals surface area contributed by atoms with Crippen molar-refractivity contribution in [1.82, 2.24) is 5.48 Å². The molecule has 1 aromatic carbocycles. The van der Waals surface area contributed by atoms with E-state index in [1.54, 1.807) is 0 Å². The average Bonchev–Trinajstić information content (AvgIpc) is 2.47. The van der Waals surface area contributed by atoms with Crippen LogP contribution in [0.1, 0.15) is 38.2 Å². The Hall–Kier alpha value is -1.52. The molecule has 2 N–H and O–H groups in total. The number of hydrogen-bond acceptors (Lipinski definition) is 4. The normalized spacial score (nSPS) is 13.4. The molecule has 1 heterocycles. The van der Waals surface area contributed by atoms with Gasteiger partial charge in [0, 0.05) is 12.1 Å². The summed E-state index contributed by atoms with van der Waals surface area (Å²) in [6, 6.07) is 5.88. The van der Waals surface area contributed by atoms with Gasteiger partial charge in [0.05, 0.1) is 6.61 Å². The summed E-state index contributed by atoms with van der Waals surface area (Å²) in [7, 11) is 0. The van der Waals surface area contributed by atoms with Gasteiger partial charge in [-0.15, -0.1) is 0 Å². The van der Waals surface area contributed by atoms with E-state index in [0.717, 1.165) is 35.7 Å². The number of hydroxylamine groups is 1. The maximum Gasteiger partial charge on any atom is 0.127 e. The van der Waals surface area contributed by atoms with Gasteiger partial charge in [0.25, 0.3) is 0 Å². The average molecular weight is 277 g/mol. The number of ether oxygens (including phenoxy) is 2. The zero-order valence-electron chi connectivity index (χ0n) is 12.0. The zero-order valence-corrected chi connectivity index (χ0v) is 12.0. The molecule has 0 saturated heterocycles. The van der Waals surface area contributed by atoms with Gasteiger partial charge in [-0.3, -0.25) is 0 Å². The van der Waals surface area contributed by atoms with Crippen LogP contribution in [-0.2, 0) is 0 Å². The van der Waals surface area contributed by atoms with Crippen molar-refractivity contribution in [3.8, 4) is 11.5 Å². The van der Waals surface area contributed by atoms with Crippen molar-refractivity contribution in [1.29, 1.82) is 0 Å². The Morgan fingerprint density at radius 1 is 1.30 bits per heavy atom. The maximum absolute atomic E-state index is 8.74. The van der Waals surface area contributed by atoms with Crippen LogP contribution in [0.4, 0.5) is 0 Å². The Kier molecular flexibility index (Phi) is 5.89. The topological polar surface area (TPSA) is 50.7 Å². The molecule has 0 radical (unpaired) electrons. The van der Waals surface area contributed by atoms with Crippen LogP contribution in [0.5, 0.6) is 11.5 Å². The van der Waals surface area contributed by atoms with E-state index in [2.05, 4.69) is 12.4 Å². The SMILES string of the molecule is CCCCCCOc1ccc2c(c1)C=C(CNO)CO2. The monoisotopic (exact) mass is 277 g/mol. The van der Waals surface area contributed by atoms with Crippen molar-refractivity contribution in [2.45, 2.75) is 32.6 Å². The van der Waals surface area contributed by atoms with Gasteiger partial charge in [-0.2, -0.15) is 0 Å². The van der Waals surface area contributed by atoms with Crippen molar-refractivity contribution in [3.63, 3.8) is 0 Å². The maximum atomic E-state index is 8.74. The van der Waals surface area contributed by atoms with Gasteiger partial charge in [0.1, 0.15) is 18.1 Å². The van der Waals surface area contributed by atoms with Crippen LogP contribution in [-0.4, -0.2) is 25.0 Å². The summed E-state index contributed by atoms with van der Waals surface area (Å²) < 4.78 is 11.4. The summed E-state index contributed by atoms with van der Waals surface area (Å²) in [4.78, 5) is 0. The molecule has 0 atom stereocenters. The van der Waals surface area contributed by atoms with Crippen LogP contribution in [0.25, 0.3) is 6.08 Å². The quantitative estimate of drug-likeness (QED) is 0.565. The molecular weight excluding hydrogens is 254 g/mol. The first-order chi connectivity index (χ1) is 9.83. The van der Waals surface area contributed by atoms with E-state index >= 15 is 0 Å². The van der Waals surface area contributed by atoms with Crippen molar-refractivity contribution >= 4 is 6.08 Å². The standard InChI is InChI=1S/C16H23NO3/c1-2-3-4-5-8-19-15-6-7-16-14(10-15)9-13(11-17-18)12-20-16/h6-7,9-10,17-18H,2-5,8,11-12H2,1H3. The number of unbranched alkanes of at least 4 members (excludes halogenated alkanes) is 3. The Balaban J connectivity index is 1.92. The van der Waals surface area contributed by atoms with Gasteiger partial charge in [0.15, 0.2) is 0 Å². The number of hydrogen-bond donors (Lipinski definition) is 2. The van der Waals surface area contributed by atoms with Crippen molar-refractivity contribution in [2.75, 3.05) is 19.8 Å². The third kappa shape index (κ3) is 4.25. The molecule has 0 aromatic heterocycles. The van der Waals surface area contributed by atoms with Crippen LogP contribution < -0.4 is 15.0 Å². The first-order valence-corrected chi connectivity index (χ1v) is 7.29. The van der Waals surface area contributed by atoms with Gasteiger partial charge in [0.2, 0.25) is 0 Å². The lowest BCUT2D eigenvalue weighted by Gasteiger charge is -2.18. The third-order valence-corrected chi connectivity index (χ3v) is 3.33. The van der Waals surface area contributed by atoms with Gasteiger partial charge in [-0.1, -0.05) is 26.2 Å². The van der Waals surface area contributed by atoms with E-state index in [9.17, 15) is 0 Å². The summed E-state index contributed by atoms with van der Waals surface area (Å²) in [6.07, 6.45) is 6.85. The lowest BCUT2D eigenvalue weighted by Crippen LogP contribution is -2.18. The van der Waals surface area contributed by atoms with Gasteiger partial charge in [-0.05, 0) is 36.3 Å². The molecule has 1 aromatic rings. The van der Waals surface area contributed by atoms with Gasteiger partial charge in [-0.25, -0.2) is 5.48 Å². The Bertz CT molecular complexity index is 457. The molecule has 0 unspecified atom stereocenters. The lowest BCUT2D eigenvalue weighted by atomic mass is 10.1. The van der Waals surface area contributed by atoms with Crippen LogP contribution in [0.3, 0.4) is 0 Å².